The summed E-state index contributed by atoms with van der Waals surface area (Å²) < 4.78 is 26.8. The van der Waals surface area contributed by atoms with Gasteiger partial charge in [-0.3, -0.25) is 9.78 Å². The smallest absolute Gasteiger partial charge is 0.290 e. The van der Waals surface area contributed by atoms with Gasteiger partial charge in [-0.25, -0.2) is 9.67 Å². The molecule has 3 rings (SSSR count). The van der Waals surface area contributed by atoms with E-state index in [1.54, 1.807) is 35.4 Å². The summed E-state index contributed by atoms with van der Waals surface area (Å²) in [6, 6.07) is 8.30. The average molecular weight is 361 g/mol. The molecule has 0 radical (unpaired) electrons. The zero-order valence-corrected chi connectivity index (χ0v) is 13.7. The van der Waals surface area contributed by atoms with Crippen molar-refractivity contribution in [3.63, 3.8) is 0 Å². The maximum absolute atomic E-state index is 12.6. The van der Waals surface area contributed by atoms with E-state index in [4.69, 9.17) is 0 Å². The van der Waals surface area contributed by atoms with Crippen molar-refractivity contribution < 1.29 is 13.6 Å². The molecule has 6 nitrogen and oxygen atoms in total. The molecular weight excluding hydrogens is 348 g/mol. The molecule has 0 aliphatic rings. The van der Waals surface area contributed by atoms with E-state index in [-0.39, 0.29) is 22.4 Å². The van der Waals surface area contributed by atoms with Crippen LogP contribution in [0.15, 0.2) is 60.1 Å². The SMILES string of the molecule is O=C(Nc1ccnn1Cc1cccnc1)c1cccnc1SC(F)F. The number of hydrogen-bond donors (Lipinski definition) is 1. The molecule has 3 heterocycles. The Hall–Kier alpha value is -2.81. The van der Waals surface area contributed by atoms with Gasteiger partial charge in [0, 0.05) is 24.7 Å². The first-order valence-corrected chi connectivity index (χ1v) is 8.13. The fourth-order valence-corrected chi connectivity index (χ4v) is 2.73. The van der Waals surface area contributed by atoms with Gasteiger partial charge < -0.3 is 5.32 Å². The van der Waals surface area contributed by atoms with Crippen LogP contribution in [0.25, 0.3) is 0 Å². The highest BCUT2D eigenvalue weighted by atomic mass is 32.2. The van der Waals surface area contributed by atoms with E-state index < -0.39 is 11.7 Å². The third-order valence-electron chi connectivity index (χ3n) is 3.23. The summed E-state index contributed by atoms with van der Waals surface area (Å²) in [4.78, 5) is 20.3. The first-order valence-electron chi connectivity index (χ1n) is 7.25. The van der Waals surface area contributed by atoms with Gasteiger partial charge in [0.15, 0.2) is 0 Å². The van der Waals surface area contributed by atoms with Crippen molar-refractivity contribution >= 4 is 23.5 Å². The highest BCUT2D eigenvalue weighted by Gasteiger charge is 2.18. The van der Waals surface area contributed by atoms with Crippen molar-refractivity contribution in [2.75, 3.05) is 5.32 Å². The van der Waals surface area contributed by atoms with Crippen LogP contribution < -0.4 is 5.32 Å². The number of nitrogens with zero attached hydrogens (tertiary/aromatic N) is 4. The third kappa shape index (κ3) is 4.38. The lowest BCUT2D eigenvalue weighted by molar-refractivity contribution is 0.102. The monoisotopic (exact) mass is 361 g/mol. The van der Waals surface area contributed by atoms with Gasteiger partial charge in [-0.2, -0.15) is 13.9 Å². The number of amides is 1. The van der Waals surface area contributed by atoms with E-state index in [1.165, 1.54) is 18.3 Å². The van der Waals surface area contributed by atoms with Crippen LogP contribution >= 0.6 is 11.8 Å². The highest BCUT2D eigenvalue weighted by Crippen LogP contribution is 2.26. The second-order valence-electron chi connectivity index (χ2n) is 4.92. The minimum Gasteiger partial charge on any atom is -0.307 e. The normalized spacial score (nSPS) is 10.8. The largest absolute Gasteiger partial charge is 0.307 e. The van der Waals surface area contributed by atoms with Crippen LogP contribution in [0, 0.1) is 0 Å². The van der Waals surface area contributed by atoms with Crippen molar-refractivity contribution in [2.45, 2.75) is 17.3 Å². The summed E-state index contributed by atoms with van der Waals surface area (Å²) in [5, 5.41) is 6.83. The number of halogens is 2. The van der Waals surface area contributed by atoms with Gasteiger partial charge in [0.2, 0.25) is 0 Å². The van der Waals surface area contributed by atoms with Gasteiger partial charge in [-0.15, -0.1) is 0 Å². The molecule has 3 aromatic rings. The fraction of sp³-hybridized carbons (Fsp3) is 0.125. The van der Waals surface area contributed by atoms with E-state index in [0.717, 1.165) is 5.56 Å². The van der Waals surface area contributed by atoms with E-state index in [1.807, 2.05) is 6.07 Å². The van der Waals surface area contributed by atoms with E-state index in [2.05, 4.69) is 20.4 Å². The summed E-state index contributed by atoms with van der Waals surface area (Å²) >= 11 is 0.237. The second kappa shape index (κ2) is 7.84. The Morgan fingerprint density at radius 2 is 2.04 bits per heavy atom. The predicted octanol–water partition coefficient (Wildman–Crippen LogP) is 3.29. The van der Waals surface area contributed by atoms with Crippen LogP contribution in [0.1, 0.15) is 15.9 Å². The Balaban J connectivity index is 1.78. The molecule has 3 aromatic heterocycles. The Morgan fingerprint density at radius 1 is 1.20 bits per heavy atom. The zero-order chi connectivity index (χ0) is 17.6. The Kier molecular flexibility index (Phi) is 5.34. The second-order valence-corrected chi connectivity index (χ2v) is 5.90. The first-order chi connectivity index (χ1) is 12.1. The number of thioether (sulfide) groups is 1. The molecule has 0 aliphatic carbocycles. The molecule has 0 unspecified atom stereocenters. The molecular formula is C16H13F2N5OS. The van der Waals surface area contributed by atoms with Crippen molar-refractivity contribution in [3.8, 4) is 0 Å². The average Bonchev–Trinajstić information content (AvgIpc) is 3.02. The molecule has 0 saturated carbocycles. The van der Waals surface area contributed by atoms with E-state index >= 15 is 0 Å². The predicted molar refractivity (Wildman–Crippen MR) is 89.6 cm³/mol. The van der Waals surface area contributed by atoms with Crippen molar-refractivity contribution in [2.24, 2.45) is 0 Å². The molecule has 0 bridgehead atoms. The molecule has 0 aromatic carbocycles. The number of carbonyl (C=O) groups is 1. The van der Waals surface area contributed by atoms with Crippen molar-refractivity contribution in [3.05, 3.63) is 66.2 Å². The lowest BCUT2D eigenvalue weighted by Gasteiger charge is -2.10. The molecule has 0 saturated heterocycles. The van der Waals surface area contributed by atoms with Crippen LogP contribution in [0.5, 0.6) is 0 Å². The Bertz CT molecular complexity index is 856. The summed E-state index contributed by atoms with van der Waals surface area (Å²) in [6.07, 6.45) is 6.28. The van der Waals surface area contributed by atoms with Crippen molar-refractivity contribution in [1.82, 2.24) is 19.7 Å². The number of carbonyl (C=O) groups excluding carboxylic acids is 1. The van der Waals surface area contributed by atoms with Gasteiger partial charge in [0.1, 0.15) is 10.8 Å². The molecule has 1 amide bonds. The van der Waals surface area contributed by atoms with Gasteiger partial charge >= 0.3 is 0 Å². The fourth-order valence-electron chi connectivity index (χ4n) is 2.16. The Labute approximate surface area is 146 Å². The topological polar surface area (TPSA) is 72.7 Å². The van der Waals surface area contributed by atoms with Crippen LogP contribution in [0.3, 0.4) is 0 Å². The molecule has 0 spiro atoms. The number of rotatable bonds is 6. The molecule has 25 heavy (non-hydrogen) atoms. The summed E-state index contributed by atoms with van der Waals surface area (Å²) in [7, 11) is 0. The molecule has 0 aliphatic heterocycles. The van der Waals surface area contributed by atoms with Crippen LogP contribution in [0.4, 0.5) is 14.6 Å². The first kappa shape index (κ1) is 17.0. The quantitative estimate of drug-likeness (QED) is 0.682. The summed E-state index contributed by atoms with van der Waals surface area (Å²) in [6.45, 7) is 0.419. The molecule has 0 fully saturated rings. The van der Waals surface area contributed by atoms with Crippen molar-refractivity contribution in [1.29, 1.82) is 0 Å². The standard InChI is InChI=1S/C16H13F2N5OS/c17-16(18)25-15-12(4-2-7-20-15)14(24)22-13-5-8-21-23(13)10-11-3-1-6-19-9-11/h1-9,16H,10H2,(H,22,24). The minimum absolute atomic E-state index is 0.0201. The third-order valence-corrected chi connectivity index (χ3v) is 3.96. The van der Waals surface area contributed by atoms with Gasteiger partial charge in [-0.05, 0) is 35.5 Å². The van der Waals surface area contributed by atoms with Gasteiger partial charge in [0.25, 0.3) is 11.7 Å². The summed E-state index contributed by atoms with van der Waals surface area (Å²) in [5.41, 5.74) is 0.999. The van der Waals surface area contributed by atoms with Crippen LogP contribution in [-0.2, 0) is 6.54 Å². The van der Waals surface area contributed by atoms with Gasteiger partial charge in [-0.1, -0.05) is 6.07 Å². The Morgan fingerprint density at radius 3 is 2.80 bits per heavy atom. The number of pyridine rings is 2. The molecule has 1 N–H and O–H groups in total. The zero-order valence-electron chi connectivity index (χ0n) is 12.8. The minimum atomic E-state index is -2.66. The maximum atomic E-state index is 12.6. The maximum Gasteiger partial charge on any atom is 0.290 e. The molecule has 128 valence electrons. The number of anilines is 1. The van der Waals surface area contributed by atoms with E-state index in [0.29, 0.717) is 12.4 Å². The van der Waals surface area contributed by atoms with Gasteiger partial charge in [0.05, 0.1) is 18.3 Å². The number of aromatic nitrogens is 4. The highest BCUT2D eigenvalue weighted by molar-refractivity contribution is 7.99. The molecule has 0 atom stereocenters. The molecule has 9 heteroatoms. The number of nitrogens with one attached hydrogen (secondary N) is 1. The van der Waals surface area contributed by atoms with Crippen LogP contribution in [-0.4, -0.2) is 31.4 Å². The number of hydrogen-bond acceptors (Lipinski definition) is 5. The lowest BCUT2D eigenvalue weighted by atomic mass is 10.2. The lowest BCUT2D eigenvalue weighted by Crippen LogP contribution is -2.17. The summed E-state index contributed by atoms with van der Waals surface area (Å²) in [5.74, 6) is -2.73. The van der Waals surface area contributed by atoms with Crippen LogP contribution in [0.2, 0.25) is 0 Å². The van der Waals surface area contributed by atoms with E-state index in [9.17, 15) is 13.6 Å². The number of alkyl halides is 2.